The van der Waals surface area contributed by atoms with E-state index >= 15 is 0 Å². The molecule has 1 saturated carbocycles. The van der Waals surface area contributed by atoms with E-state index in [2.05, 4.69) is 31.0 Å². The largest absolute Gasteiger partial charge is 0.317 e. The number of nitrogens with one attached hydrogen (secondary N) is 1. The van der Waals surface area contributed by atoms with Crippen molar-refractivity contribution in [1.82, 2.24) is 10.2 Å². The molecular formula is C17H34N2. The summed E-state index contributed by atoms with van der Waals surface area (Å²) in [5.74, 6) is 2.83. The normalized spacial score (nSPS) is 30.2. The third kappa shape index (κ3) is 4.46. The zero-order valence-electron chi connectivity index (χ0n) is 13.3. The predicted molar refractivity (Wildman–Crippen MR) is 83.4 cm³/mol. The maximum absolute atomic E-state index is 3.49. The molecule has 112 valence electrons. The molecule has 0 spiro atoms. The van der Waals surface area contributed by atoms with E-state index in [0.717, 1.165) is 23.8 Å². The lowest BCUT2D eigenvalue weighted by Gasteiger charge is -2.39. The van der Waals surface area contributed by atoms with Crippen LogP contribution < -0.4 is 5.32 Å². The summed E-state index contributed by atoms with van der Waals surface area (Å²) in [5.41, 5.74) is 0. The van der Waals surface area contributed by atoms with Gasteiger partial charge in [-0.1, -0.05) is 20.8 Å². The van der Waals surface area contributed by atoms with Gasteiger partial charge in [0.2, 0.25) is 0 Å². The lowest BCUT2D eigenvalue weighted by atomic mass is 9.79. The van der Waals surface area contributed by atoms with E-state index in [1.54, 1.807) is 0 Å². The fourth-order valence-corrected chi connectivity index (χ4v) is 4.07. The van der Waals surface area contributed by atoms with E-state index in [1.165, 1.54) is 64.7 Å². The van der Waals surface area contributed by atoms with E-state index in [9.17, 15) is 0 Å². The summed E-state index contributed by atoms with van der Waals surface area (Å²) in [4.78, 5) is 2.80. The molecule has 2 rings (SSSR count). The first-order valence-corrected chi connectivity index (χ1v) is 8.65. The Hall–Kier alpha value is -0.0800. The molecule has 0 unspecified atom stereocenters. The lowest BCUT2D eigenvalue weighted by Crippen LogP contribution is -2.43. The Labute approximate surface area is 120 Å². The first kappa shape index (κ1) is 15.3. The maximum atomic E-state index is 3.49. The van der Waals surface area contributed by atoms with Crippen LogP contribution in [0.5, 0.6) is 0 Å². The first-order chi connectivity index (χ1) is 9.20. The quantitative estimate of drug-likeness (QED) is 0.819. The molecule has 19 heavy (non-hydrogen) atoms. The van der Waals surface area contributed by atoms with E-state index in [4.69, 9.17) is 0 Å². The molecule has 1 aliphatic carbocycles. The zero-order valence-corrected chi connectivity index (χ0v) is 13.3. The van der Waals surface area contributed by atoms with Crippen LogP contribution in [0, 0.1) is 17.8 Å². The first-order valence-electron chi connectivity index (χ1n) is 8.65. The zero-order chi connectivity index (χ0) is 13.7. The Bertz CT molecular complexity index is 238. The molecule has 1 N–H and O–H groups in total. The Morgan fingerprint density at radius 3 is 2.16 bits per heavy atom. The van der Waals surface area contributed by atoms with Crippen LogP contribution in [-0.4, -0.2) is 37.1 Å². The van der Waals surface area contributed by atoms with Gasteiger partial charge in [0.15, 0.2) is 0 Å². The molecule has 0 aromatic heterocycles. The third-order valence-corrected chi connectivity index (χ3v) is 5.56. The third-order valence-electron chi connectivity index (χ3n) is 5.56. The molecule has 1 saturated heterocycles. The number of piperidine rings is 1. The van der Waals surface area contributed by atoms with Crippen molar-refractivity contribution < 1.29 is 0 Å². The van der Waals surface area contributed by atoms with E-state index < -0.39 is 0 Å². The van der Waals surface area contributed by atoms with E-state index in [1.807, 2.05) is 0 Å². The summed E-state index contributed by atoms with van der Waals surface area (Å²) in [7, 11) is 0. The van der Waals surface area contributed by atoms with Crippen LogP contribution in [0.2, 0.25) is 0 Å². The van der Waals surface area contributed by atoms with Crippen LogP contribution >= 0.6 is 0 Å². The fraction of sp³-hybridized carbons (Fsp3) is 1.00. The standard InChI is InChI=1S/C17H34N2/c1-4-19(13-15-9-11-18-12-10-15)17-7-5-16(6-8-17)14(2)3/h14-18H,4-13H2,1-3H3. The van der Waals surface area contributed by atoms with Gasteiger partial charge in [0.1, 0.15) is 0 Å². The SMILES string of the molecule is CCN(CC1CCNCC1)C1CCC(C(C)C)CC1. The molecule has 1 heterocycles. The smallest absolute Gasteiger partial charge is 0.00954 e. The summed E-state index contributed by atoms with van der Waals surface area (Å²) >= 11 is 0. The Morgan fingerprint density at radius 2 is 1.63 bits per heavy atom. The van der Waals surface area contributed by atoms with Gasteiger partial charge in [-0.15, -0.1) is 0 Å². The second-order valence-corrected chi connectivity index (χ2v) is 7.09. The van der Waals surface area contributed by atoms with Crippen LogP contribution in [0.1, 0.15) is 59.3 Å². The van der Waals surface area contributed by atoms with Crippen molar-refractivity contribution in [3.8, 4) is 0 Å². The van der Waals surface area contributed by atoms with Gasteiger partial charge in [0.05, 0.1) is 0 Å². The van der Waals surface area contributed by atoms with Gasteiger partial charge in [-0.05, 0) is 75.9 Å². The average Bonchev–Trinajstić information content (AvgIpc) is 2.46. The van der Waals surface area contributed by atoms with Crippen molar-refractivity contribution in [2.45, 2.75) is 65.3 Å². The van der Waals surface area contributed by atoms with Crippen LogP contribution in [0.4, 0.5) is 0 Å². The highest BCUT2D eigenvalue weighted by Crippen LogP contribution is 2.32. The molecule has 0 radical (unpaired) electrons. The van der Waals surface area contributed by atoms with Crippen LogP contribution in [0.15, 0.2) is 0 Å². The van der Waals surface area contributed by atoms with Gasteiger partial charge in [-0.3, -0.25) is 0 Å². The molecule has 2 heteroatoms. The van der Waals surface area contributed by atoms with Crippen LogP contribution in [0.3, 0.4) is 0 Å². The number of hydrogen-bond donors (Lipinski definition) is 1. The van der Waals surface area contributed by atoms with Gasteiger partial charge < -0.3 is 10.2 Å². The van der Waals surface area contributed by atoms with Gasteiger partial charge in [-0.2, -0.15) is 0 Å². The Morgan fingerprint density at radius 1 is 1.00 bits per heavy atom. The van der Waals surface area contributed by atoms with E-state index in [-0.39, 0.29) is 0 Å². The molecule has 0 amide bonds. The van der Waals surface area contributed by atoms with Gasteiger partial charge in [0, 0.05) is 12.6 Å². The van der Waals surface area contributed by atoms with Crippen molar-refractivity contribution in [1.29, 1.82) is 0 Å². The molecule has 0 aromatic carbocycles. The summed E-state index contributed by atoms with van der Waals surface area (Å²) in [5, 5.41) is 3.49. The Kier molecular flexibility index (Phi) is 6.15. The minimum atomic E-state index is 0.884. The van der Waals surface area contributed by atoms with Crippen molar-refractivity contribution in [3.05, 3.63) is 0 Å². The second-order valence-electron chi connectivity index (χ2n) is 7.09. The van der Waals surface area contributed by atoms with Crippen molar-refractivity contribution in [2.24, 2.45) is 17.8 Å². The van der Waals surface area contributed by atoms with Crippen molar-refractivity contribution in [3.63, 3.8) is 0 Å². The van der Waals surface area contributed by atoms with Gasteiger partial charge >= 0.3 is 0 Å². The average molecular weight is 266 g/mol. The van der Waals surface area contributed by atoms with Crippen LogP contribution in [-0.2, 0) is 0 Å². The topological polar surface area (TPSA) is 15.3 Å². The minimum Gasteiger partial charge on any atom is -0.317 e. The summed E-state index contributed by atoms with van der Waals surface area (Å²) < 4.78 is 0. The van der Waals surface area contributed by atoms with Gasteiger partial charge in [-0.25, -0.2) is 0 Å². The van der Waals surface area contributed by atoms with Gasteiger partial charge in [0.25, 0.3) is 0 Å². The highest BCUT2D eigenvalue weighted by molar-refractivity contribution is 4.82. The molecule has 0 aromatic rings. The Balaban J connectivity index is 1.78. The molecule has 0 atom stereocenters. The number of rotatable bonds is 5. The number of hydrogen-bond acceptors (Lipinski definition) is 2. The molecule has 1 aliphatic heterocycles. The van der Waals surface area contributed by atoms with E-state index in [0.29, 0.717) is 0 Å². The number of nitrogens with zero attached hydrogens (tertiary/aromatic N) is 1. The molecule has 2 nitrogen and oxygen atoms in total. The lowest BCUT2D eigenvalue weighted by molar-refractivity contribution is 0.105. The summed E-state index contributed by atoms with van der Waals surface area (Å²) in [6.07, 6.45) is 8.59. The molecule has 2 aliphatic rings. The summed E-state index contributed by atoms with van der Waals surface area (Å²) in [6, 6.07) is 0.884. The molecular weight excluding hydrogens is 232 g/mol. The highest BCUT2D eigenvalue weighted by atomic mass is 15.2. The monoisotopic (exact) mass is 266 g/mol. The molecule has 2 fully saturated rings. The maximum Gasteiger partial charge on any atom is 0.00954 e. The fourth-order valence-electron chi connectivity index (χ4n) is 4.07. The van der Waals surface area contributed by atoms with Crippen molar-refractivity contribution >= 4 is 0 Å². The second kappa shape index (κ2) is 7.64. The van der Waals surface area contributed by atoms with Crippen LogP contribution in [0.25, 0.3) is 0 Å². The minimum absolute atomic E-state index is 0.884. The van der Waals surface area contributed by atoms with Crippen molar-refractivity contribution in [2.75, 3.05) is 26.2 Å². The molecule has 0 bridgehead atoms. The highest BCUT2D eigenvalue weighted by Gasteiger charge is 2.28. The predicted octanol–water partition coefficient (Wildman–Crippen LogP) is 3.52. The summed E-state index contributed by atoms with van der Waals surface area (Å²) in [6.45, 7) is 12.2.